The Bertz CT molecular complexity index is 1060. The van der Waals surface area contributed by atoms with Gasteiger partial charge in [-0.15, -0.1) is 0 Å². The van der Waals surface area contributed by atoms with Gasteiger partial charge in [0.15, 0.2) is 0 Å². The van der Waals surface area contributed by atoms with Crippen LogP contribution in [0.1, 0.15) is 12.5 Å². The number of pyridine rings is 2. The highest BCUT2D eigenvalue weighted by molar-refractivity contribution is 5.73. The fourth-order valence-corrected chi connectivity index (χ4v) is 3.46. The monoisotopic (exact) mass is 404 g/mol. The van der Waals surface area contributed by atoms with Crippen molar-refractivity contribution >= 4 is 11.7 Å². The Labute approximate surface area is 175 Å². The smallest absolute Gasteiger partial charge is 0.258 e. The molecule has 0 bridgehead atoms. The Hall–Kier alpha value is -3.61. The summed E-state index contributed by atoms with van der Waals surface area (Å²) in [6, 6.07) is 16.9. The maximum atomic E-state index is 12.5. The molecule has 7 nitrogen and oxygen atoms in total. The molecule has 0 spiro atoms. The second kappa shape index (κ2) is 8.82. The van der Waals surface area contributed by atoms with Crippen molar-refractivity contribution in [2.75, 3.05) is 31.1 Å². The summed E-state index contributed by atoms with van der Waals surface area (Å²) < 4.78 is 7.27. The molecule has 1 saturated heterocycles. The molecule has 0 radical (unpaired) electrons. The van der Waals surface area contributed by atoms with Crippen molar-refractivity contribution < 1.29 is 9.53 Å². The van der Waals surface area contributed by atoms with Gasteiger partial charge in [0, 0.05) is 45.4 Å². The third-order valence-corrected chi connectivity index (χ3v) is 5.20. The van der Waals surface area contributed by atoms with Gasteiger partial charge < -0.3 is 14.5 Å². The summed E-state index contributed by atoms with van der Waals surface area (Å²) in [6.45, 7) is 4.90. The average Bonchev–Trinajstić information content (AvgIpc) is 2.79. The average molecular weight is 404 g/mol. The molecule has 3 aromatic rings. The van der Waals surface area contributed by atoms with Gasteiger partial charge in [-0.3, -0.25) is 14.2 Å². The van der Waals surface area contributed by atoms with Crippen molar-refractivity contribution in [1.82, 2.24) is 14.5 Å². The zero-order valence-electron chi connectivity index (χ0n) is 16.9. The molecule has 154 valence electrons. The number of hydrogen-bond acceptors (Lipinski definition) is 5. The molecular formula is C23H24N4O3. The summed E-state index contributed by atoms with van der Waals surface area (Å²) in [7, 11) is 0. The summed E-state index contributed by atoms with van der Waals surface area (Å²) in [5.74, 6) is 1.49. The van der Waals surface area contributed by atoms with Crippen LogP contribution in [0.3, 0.4) is 0 Å². The standard InChI is InChI=1S/C23H24N4O3/c1-18(28)25-11-13-26(14-12-25)22-8-7-20(16-24-22)27-10-9-21(15-23(27)29)30-17-19-5-3-2-4-6-19/h2-10,15-16H,11-14,17H2,1H3. The van der Waals surface area contributed by atoms with Crippen molar-refractivity contribution in [3.05, 3.63) is 82.9 Å². The van der Waals surface area contributed by atoms with E-state index in [1.165, 1.54) is 6.07 Å². The van der Waals surface area contributed by atoms with Crippen LogP contribution in [0.5, 0.6) is 5.75 Å². The van der Waals surface area contributed by atoms with E-state index in [1.54, 1.807) is 30.0 Å². The fourth-order valence-electron chi connectivity index (χ4n) is 3.46. The maximum Gasteiger partial charge on any atom is 0.258 e. The van der Waals surface area contributed by atoms with Crippen LogP contribution in [0.4, 0.5) is 5.82 Å². The molecule has 2 aromatic heterocycles. The zero-order valence-corrected chi connectivity index (χ0v) is 16.9. The van der Waals surface area contributed by atoms with E-state index in [1.807, 2.05) is 47.4 Å². The number of carbonyl (C=O) groups excluding carboxylic acids is 1. The first kappa shape index (κ1) is 19.7. The van der Waals surface area contributed by atoms with Gasteiger partial charge in [-0.05, 0) is 23.8 Å². The molecule has 4 rings (SSSR count). The molecule has 3 heterocycles. The molecule has 7 heteroatoms. The van der Waals surface area contributed by atoms with Gasteiger partial charge in [0.25, 0.3) is 5.56 Å². The van der Waals surface area contributed by atoms with Crippen LogP contribution in [0.15, 0.2) is 71.8 Å². The predicted molar refractivity (Wildman–Crippen MR) is 115 cm³/mol. The SMILES string of the molecule is CC(=O)N1CCN(c2ccc(-n3ccc(OCc4ccccc4)cc3=O)cn2)CC1. The minimum Gasteiger partial charge on any atom is -0.489 e. The Balaban J connectivity index is 1.41. The Kier molecular flexibility index (Phi) is 5.79. The first-order valence-electron chi connectivity index (χ1n) is 9.96. The van der Waals surface area contributed by atoms with Crippen LogP contribution < -0.4 is 15.2 Å². The predicted octanol–water partition coefficient (Wildman–Crippen LogP) is 2.48. The van der Waals surface area contributed by atoms with E-state index in [9.17, 15) is 9.59 Å². The van der Waals surface area contributed by atoms with Crippen molar-refractivity contribution in [2.24, 2.45) is 0 Å². The first-order valence-corrected chi connectivity index (χ1v) is 9.96. The second-order valence-corrected chi connectivity index (χ2v) is 7.21. The van der Waals surface area contributed by atoms with Crippen LogP contribution in [-0.4, -0.2) is 46.5 Å². The molecule has 30 heavy (non-hydrogen) atoms. The Morgan fingerprint density at radius 1 is 1.03 bits per heavy atom. The number of rotatable bonds is 5. The Morgan fingerprint density at radius 2 is 1.80 bits per heavy atom. The second-order valence-electron chi connectivity index (χ2n) is 7.21. The summed E-state index contributed by atoms with van der Waals surface area (Å²) in [6.07, 6.45) is 3.39. The van der Waals surface area contributed by atoms with Gasteiger partial charge in [0.2, 0.25) is 5.91 Å². The number of benzene rings is 1. The lowest BCUT2D eigenvalue weighted by Crippen LogP contribution is -2.48. The number of carbonyl (C=O) groups is 1. The molecule has 0 unspecified atom stereocenters. The van der Waals surface area contributed by atoms with Crippen molar-refractivity contribution in [2.45, 2.75) is 13.5 Å². The summed E-state index contributed by atoms with van der Waals surface area (Å²) in [4.78, 5) is 32.5. The van der Waals surface area contributed by atoms with E-state index in [-0.39, 0.29) is 11.5 Å². The van der Waals surface area contributed by atoms with Gasteiger partial charge in [-0.1, -0.05) is 30.3 Å². The molecule has 1 aliphatic heterocycles. The fraction of sp³-hybridized carbons (Fsp3) is 0.261. The van der Waals surface area contributed by atoms with Crippen molar-refractivity contribution in [1.29, 1.82) is 0 Å². The van der Waals surface area contributed by atoms with Gasteiger partial charge in [0.05, 0.1) is 11.9 Å². The van der Waals surface area contributed by atoms with Gasteiger partial charge in [-0.2, -0.15) is 0 Å². The van der Waals surface area contributed by atoms with Crippen molar-refractivity contribution in [3.63, 3.8) is 0 Å². The lowest BCUT2D eigenvalue weighted by Gasteiger charge is -2.34. The molecular weight excluding hydrogens is 380 g/mol. The third-order valence-electron chi connectivity index (χ3n) is 5.20. The van der Waals surface area contributed by atoms with Crippen molar-refractivity contribution in [3.8, 4) is 11.4 Å². The molecule has 1 fully saturated rings. The third kappa shape index (κ3) is 4.51. The maximum absolute atomic E-state index is 12.5. The van der Waals surface area contributed by atoms with Crippen LogP contribution in [0.2, 0.25) is 0 Å². The number of anilines is 1. The largest absolute Gasteiger partial charge is 0.489 e. The van der Waals surface area contributed by atoms with Gasteiger partial charge >= 0.3 is 0 Å². The zero-order chi connectivity index (χ0) is 20.9. The molecule has 1 amide bonds. The summed E-state index contributed by atoms with van der Waals surface area (Å²) in [5, 5.41) is 0. The summed E-state index contributed by atoms with van der Waals surface area (Å²) >= 11 is 0. The molecule has 0 N–H and O–H groups in total. The lowest BCUT2D eigenvalue weighted by molar-refractivity contribution is -0.129. The number of aromatic nitrogens is 2. The highest BCUT2D eigenvalue weighted by Crippen LogP contribution is 2.16. The Morgan fingerprint density at radius 3 is 2.43 bits per heavy atom. The van der Waals surface area contributed by atoms with E-state index in [4.69, 9.17) is 4.74 Å². The van der Waals surface area contributed by atoms with Crippen LogP contribution >= 0.6 is 0 Å². The van der Waals surface area contributed by atoms with Crippen LogP contribution in [0, 0.1) is 0 Å². The number of amides is 1. The number of hydrogen-bond donors (Lipinski definition) is 0. The van der Waals surface area contributed by atoms with E-state index in [2.05, 4.69) is 9.88 Å². The van der Waals surface area contributed by atoms with E-state index < -0.39 is 0 Å². The quantitative estimate of drug-likeness (QED) is 0.654. The van der Waals surface area contributed by atoms with Crippen LogP contribution in [-0.2, 0) is 11.4 Å². The van der Waals surface area contributed by atoms with Gasteiger partial charge in [0.1, 0.15) is 18.2 Å². The van der Waals surface area contributed by atoms with E-state index in [0.29, 0.717) is 31.1 Å². The molecule has 0 atom stereocenters. The lowest BCUT2D eigenvalue weighted by atomic mass is 10.2. The molecule has 0 aliphatic carbocycles. The first-order chi connectivity index (χ1) is 14.6. The number of ether oxygens (including phenoxy) is 1. The topological polar surface area (TPSA) is 67.7 Å². The van der Waals surface area contributed by atoms with Gasteiger partial charge in [-0.25, -0.2) is 4.98 Å². The van der Waals surface area contributed by atoms with E-state index >= 15 is 0 Å². The molecule has 0 saturated carbocycles. The van der Waals surface area contributed by atoms with E-state index in [0.717, 1.165) is 24.5 Å². The highest BCUT2D eigenvalue weighted by atomic mass is 16.5. The molecule has 1 aromatic carbocycles. The summed E-state index contributed by atoms with van der Waals surface area (Å²) in [5.41, 5.74) is 1.57. The minimum atomic E-state index is -0.176. The number of nitrogens with zero attached hydrogens (tertiary/aromatic N) is 4. The number of piperazine rings is 1. The molecule has 1 aliphatic rings. The highest BCUT2D eigenvalue weighted by Gasteiger charge is 2.19. The normalized spacial score (nSPS) is 13.9. The van der Waals surface area contributed by atoms with Crippen LogP contribution in [0.25, 0.3) is 5.69 Å². The minimum absolute atomic E-state index is 0.105.